The Morgan fingerprint density at radius 2 is 2.00 bits per heavy atom. The van der Waals surface area contributed by atoms with Crippen molar-refractivity contribution >= 4 is 23.3 Å². The normalized spacial score (nSPS) is 10.5. The van der Waals surface area contributed by atoms with E-state index in [9.17, 15) is 9.59 Å². The van der Waals surface area contributed by atoms with Crippen LogP contribution in [0.3, 0.4) is 0 Å². The van der Waals surface area contributed by atoms with Gasteiger partial charge in [0.1, 0.15) is 11.5 Å². The summed E-state index contributed by atoms with van der Waals surface area (Å²) in [6.45, 7) is 1.29. The maximum absolute atomic E-state index is 12.1. The number of rotatable bonds is 6. The molecule has 0 saturated heterocycles. The van der Waals surface area contributed by atoms with E-state index in [4.69, 9.17) is 14.2 Å². The van der Waals surface area contributed by atoms with E-state index in [1.165, 1.54) is 18.7 Å². The van der Waals surface area contributed by atoms with Gasteiger partial charge in [-0.25, -0.2) is 14.3 Å². The van der Waals surface area contributed by atoms with Gasteiger partial charge in [-0.05, 0) is 25.1 Å². The molecule has 1 amide bonds. The Labute approximate surface area is 154 Å². The smallest absolute Gasteiger partial charge is 0.378 e. The van der Waals surface area contributed by atoms with Gasteiger partial charge in [0.05, 0.1) is 19.9 Å². The van der Waals surface area contributed by atoms with Crippen molar-refractivity contribution in [2.24, 2.45) is 0 Å². The van der Waals surface area contributed by atoms with Gasteiger partial charge in [0.25, 0.3) is 17.5 Å². The number of benzene rings is 1. The zero-order chi connectivity index (χ0) is 19.4. The van der Waals surface area contributed by atoms with E-state index in [0.717, 1.165) is 5.69 Å². The zero-order valence-electron chi connectivity index (χ0n) is 14.9. The second-order valence-corrected chi connectivity index (χ2v) is 5.42. The number of ether oxygens (including phenoxy) is 3. The van der Waals surface area contributed by atoms with Crippen LogP contribution < -0.4 is 14.8 Å². The average Bonchev–Trinajstić information content (AvgIpc) is 3.12. The lowest BCUT2D eigenvalue weighted by Crippen LogP contribution is -2.21. The minimum Gasteiger partial charge on any atom is -0.497 e. The number of nitrogens with one attached hydrogen (secondary N) is 1. The van der Waals surface area contributed by atoms with E-state index in [1.54, 1.807) is 37.4 Å². The molecular weight excluding hydrogens is 354 g/mol. The molecule has 2 heterocycles. The minimum atomic E-state index is -0.826. The monoisotopic (exact) mass is 371 g/mol. The van der Waals surface area contributed by atoms with Crippen molar-refractivity contribution in [2.45, 2.75) is 6.92 Å². The van der Waals surface area contributed by atoms with Gasteiger partial charge in [-0.15, -0.1) is 5.10 Å². The van der Waals surface area contributed by atoms with E-state index in [1.807, 2.05) is 0 Å². The van der Waals surface area contributed by atoms with E-state index < -0.39 is 18.5 Å². The number of esters is 1. The standard InChI is InChI=1S/C17H17N5O5/c1-10-6-7-18-17-20-15(21-22(10)17)16(24)27-9-14(23)19-12-8-11(25-2)4-5-13(12)26-3/h4-8H,9H2,1-3H3,(H,19,23). The quantitative estimate of drug-likeness (QED) is 0.643. The summed E-state index contributed by atoms with van der Waals surface area (Å²) < 4.78 is 16.7. The second kappa shape index (κ2) is 7.68. The molecule has 0 atom stereocenters. The number of amides is 1. The van der Waals surface area contributed by atoms with E-state index in [-0.39, 0.29) is 11.6 Å². The lowest BCUT2D eigenvalue weighted by atomic mass is 10.2. The molecule has 0 radical (unpaired) electrons. The fourth-order valence-corrected chi connectivity index (χ4v) is 2.29. The molecule has 1 aromatic carbocycles. The first-order valence-corrected chi connectivity index (χ1v) is 7.89. The highest BCUT2D eigenvalue weighted by Gasteiger charge is 2.18. The van der Waals surface area contributed by atoms with Crippen LogP contribution >= 0.6 is 0 Å². The molecule has 0 aliphatic heterocycles. The van der Waals surface area contributed by atoms with E-state index >= 15 is 0 Å². The summed E-state index contributed by atoms with van der Waals surface area (Å²) in [6, 6.07) is 6.67. The topological polar surface area (TPSA) is 117 Å². The molecule has 27 heavy (non-hydrogen) atoms. The molecule has 0 saturated carbocycles. The Kier molecular flexibility index (Phi) is 5.15. The van der Waals surface area contributed by atoms with Crippen molar-refractivity contribution in [3.63, 3.8) is 0 Å². The summed E-state index contributed by atoms with van der Waals surface area (Å²) in [6.07, 6.45) is 1.56. The first-order valence-electron chi connectivity index (χ1n) is 7.89. The molecule has 140 valence electrons. The molecule has 0 aliphatic carbocycles. The lowest BCUT2D eigenvalue weighted by molar-refractivity contribution is -0.119. The molecule has 10 nitrogen and oxygen atoms in total. The number of aromatic nitrogens is 4. The molecular formula is C17H17N5O5. The van der Waals surface area contributed by atoms with Gasteiger partial charge < -0.3 is 19.5 Å². The summed E-state index contributed by atoms with van der Waals surface area (Å²) in [5.74, 6) is -0.296. The number of nitrogens with zero attached hydrogens (tertiary/aromatic N) is 4. The Morgan fingerprint density at radius 1 is 1.19 bits per heavy atom. The summed E-state index contributed by atoms with van der Waals surface area (Å²) in [4.78, 5) is 32.2. The summed E-state index contributed by atoms with van der Waals surface area (Å²) in [7, 11) is 2.98. The number of hydrogen-bond acceptors (Lipinski definition) is 8. The number of carbonyl (C=O) groups is 2. The number of aryl methyl sites for hydroxylation is 1. The van der Waals surface area contributed by atoms with Gasteiger partial charge in [0, 0.05) is 18.0 Å². The minimum absolute atomic E-state index is 0.177. The maximum Gasteiger partial charge on any atom is 0.378 e. The number of carbonyl (C=O) groups excluding carboxylic acids is 2. The van der Waals surface area contributed by atoms with Crippen LogP contribution in [0.1, 0.15) is 16.3 Å². The highest BCUT2D eigenvalue weighted by molar-refractivity contribution is 5.95. The molecule has 0 spiro atoms. The van der Waals surface area contributed by atoms with Gasteiger partial charge in [-0.1, -0.05) is 0 Å². The van der Waals surface area contributed by atoms with Gasteiger partial charge in [-0.3, -0.25) is 4.79 Å². The van der Waals surface area contributed by atoms with Crippen LogP contribution in [0.25, 0.3) is 5.78 Å². The Hall–Kier alpha value is -3.69. The zero-order valence-corrected chi connectivity index (χ0v) is 14.9. The third-order valence-electron chi connectivity index (χ3n) is 3.63. The van der Waals surface area contributed by atoms with Gasteiger partial charge >= 0.3 is 5.97 Å². The number of hydrogen-bond donors (Lipinski definition) is 1. The van der Waals surface area contributed by atoms with Crippen molar-refractivity contribution in [2.75, 3.05) is 26.1 Å². The first kappa shape index (κ1) is 18.1. The SMILES string of the molecule is COc1ccc(OC)c(NC(=O)COC(=O)c2nc3nccc(C)n3n2)c1. The Morgan fingerprint density at radius 3 is 2.70 bits per heavy atom. The van der Waals surface area contributed by atoms with Gasteiger partial charge in [0.15, 0.2) is 6.61 Å². The molecule has 0 aliphatic rings. The highest BCUT2D eigenvalue weighted by atomic mass is 16.5. The van der Waals surface area contributed by atoms with Crippen LogP contribution in [0.15, 0.2) is 30.5 Å². The largest absolute Gasteiger partial charge is 0.497 e. The highest BCUT2D eigenvalue weighted by Crippen LogP contribution is 2.28. The average molecular weight is 371 g/mol. The predicted octanol–water partition coefficient (Wildman–Crippen LogP) is 1.25. The van der Waals surface area contributed by atoms with Crippen molar-refractivity contribution in [3.8, 4) is 11.5 Å². The molecule has 10 heteroatoms. The molecule has 2 aromatic heterocycles. The predicted molar refractivity (Wildman–Crippen MR) is 94.0 cm³/mol. The van der Waals surface area contributed by atoms with E-state index in [0.29, 0.717) is 17.2 Å². The van der Waals surface area contributed by atoms with Crippen LogP contribution in [0.4, 0.5) is 5.69 Å². The molecule has 0 bridgehead atoms. The maximum atomic E-state index is 12.1. The van der Waals surface area contributed by atoms with Crippen LogP contribution in [0.5, 0.6) is 11.5 Å². The molecule has 3 rings (SSSR count). The Balaban J connectivity index is 1.65. The third-order valence-corrected chi connectivity index (χ3v) is 3.63. The van der Waals surface area contributed by atoms with Crippen LogP contribution in [0, 0.1) is 6.92 Å². The summed E-state index contributed by atoms with van der Waals surface area (Å²) in [5.41, 5.74) is 1.15. The molecule has 0 fully saturated rings. The van der Waals surface area contributed by atoms with Crippen molar-refractivity contribution in [1.29, 1.82) is 0 Å². The van der Waals surface area contributed by atoms with E-state index in [2.05, 4.69) is 20.4 Å². The van der Waals surface area contributed by atoms with Crippen molar-refractivity contribution in [1.82, 2.24) is 19.6 Å². The van der Waals surface area contributed by atoms with Gasteiger partial charge in [-0.2, -0.15) is 4.98 Å². The van der Waals surface area contributed by atoms with Crippen molar-refractivity contribution < 1.29 is 23.8 Å². The van der Waals surface area contributed by atoms with Crippen LogP contribution in [-0.2, 0) is 9.53 Å². The van der Waals surface area contributed by atoms with Crippen LogP contribution in [-0.4, -0.2) is 52.3 Å². The molecule has 3 aromatic rings. The second-order valence-electron chi connectivity index (χ2n) is 5.42. The van der Waals surface area contributed by atoms with Gasteiger partial charge in [0.2, 0.25) is 0 Å². The fourth-order valence-electron chi connectivity index (χ4n) is 2.29. The summed E-state index contributed by atoms with van der Waals surface area (Å²) >= 11 is 0. The number of anilines is 1. The fraction of sp³-hybridized carbons (Fsp3) is 0.235. The number of methoxy groups -OCH3 is 2. The van der Waals surface area contributed by atoms with Crippen LogP contribution in [0.2, 0.25) is 0 Å². The first-order chi connectivity index (χ1) is 13.0. The summed E-state index contributed by atoms with van der Waals surface area (Å²) in [5, 5.41) is 6.62. The molecule has 0 unspecified atom stereocenters. The number of fused-ring (bicyclic) bond motifs is 1. The Bertz CT molecular complexity index is 1000. The van der Waals surface area contributed by atoms with Crippen molar-refractivity contribution in [3.05, 3.63) is 42.0 Å². The third kappa shape index (κ3) is 3.94. The lowest BCUT2D eigenvalue weighted by Gasteiger charge is -2.11. The molecule has 1 N–H and O–H groups in total.